The topological polar surface area (TPSA) is 32.5 Å². The number of nitrogens with zero attached hydrogens (tertiary/aromatic N) is 2. The van der Waals surface area contributed by atoms with E-state index in [1.807, 2.05) is 0 Å². The lowest BCUT2D eigenvalue weighted by molar-refractivity contribution is 0.199. The molecule has 0 saturated carbocycles. The molecule has 0 amide bonds. The van der Waals surface area contributed by atoms with E-state index in [-0.39, 0.29) is 5.02 Å². The fourth-order valence-corrected chi connectivity index (χ4v) is 2.67. The van der Waals surface area contributed by atoms with Crippen molar-refractivity contribution in [2.75, 3.05) is 36.8 Å². The third kappa shape index (κ3) is 2.54. The van der Waals surface area contributed by atoms with Crippen molar-refractivity contribution in [3.8, 4) is 0 Å². The van der Waals surface area contributed by atoms with E-state index in [1.54, 1.807) is 6.07 Å². The Kier molecular flexibility index (Phi) is 3.97. The van der Waals surface area contributed by atoms with Crippen LogP contribution in [0.2, 0.25) is 5.02 Å². The van der Waals surface area contributed by atoms with Crippen molar-refractivity contribution in [3.63, 3.8) is 0 Å². The van der Waals surface area contributed by atoms with Crippen molar-refractivity contribution in [1.29, 1.82) is 0 Å². The van der Waals surface area contributed by atoms with Gasteiger partial charge < -0.3 is 10.6 Å². The molecule has 2 N–H and O–H groups in total. The molecule has 5 heteroatoms. The van der Waals surface area contributed by atoms with E-state index in [0.29, 0.717) is 11.7 Å². The summed E-state index contributed by atoms with van der Waals surface area (Å²) < 4.78 is 13.3. The highest BCUT2D eigenvalue weighted by Crippen LogP contribution is 2.30. The van der Waals surface area contributed by atoms with Gasteiger partial charge in [-0.05, 0) is 19.5 Å². The fraction of sp³-hybridized carbons (Fsp3) is 0.538. The van der Waals surface area contributed by atoms with Crippen LogP contribution in [-0.2, 0) is 0 Å². The fourth-order valence-electron chi connectivity index (χ4n) is 2.51. The highest BCUT2D eigenvalue weighted by atomic mass is 35.5. The minimum atomic E-state index is -0.460. The molecule has 1 unspecified atom stereocenters. The molecule has 0 radical (unpaired) electrons. The maximum absolute atomic E-state index is 13.3. The van der Waals surface area contributed by atoms with Gasteiger partial charge >= 0.3 is 0 Å². The van der Waals surface area contributed by atoms with Crippen LogP contribution >= 0.6 is 11.6 Å². The summed E-state index contributed by atoms with van der Waals surface area (Å²) in [5.41, 5.74) is 7.17. The number of hydrogen-bond donors (Lipinski definition) is 1. The summed E-state index contributed by atoms with van der Waals surface area (Å²) in [5.74, 6) is -0.460. The molecule has 0 aromatic heterocycles. The number of benzene rings is 1. The first-order valence-electron chi connectivity index (χ1n) is 6.26. The highest BCUT2D eigenvalue weighted by Gasteiger charge is 2.24. The number of hydrogen-bond acceptors (Lipinski definition) is 3. The van der Waals surface area contributed by atoms with Crippen molar-refractivity contribution < 1.29 is 4.39 Å². The van der Waals surface area contributed by atoms with Crippen LogP contribution in [0.3, 0.4) is 0 Å². The molecule has 3 nitrogen and oxygen atoms in total. The number of nitrogen functional groups attached to an aromatic ring is 1. The number of halogens is 2. The number of likely N-dealkylation sites (N-methyl/N-ethyl adjacent to an activating group) is 1. The molecular weight excluding hydrogens is 253 g/mol. The second kappa shape index (κ2) is 5.33. The third-order valence-electron chi connectivity index (χ3n) is 3.58. The Morgan fingerprint density at radius 3 is 2.78 bits per heavy atom. The van der Waals surface area contributed by atoms with Crippen LogP contribution in [0.5, 0.6) is 0 Å². The summed E-state index contributed by atoms with van der Waals surface area (Å²) in [4.78, 5) is 4.59. The zero-order valence-electron chi connectivity index (χ0n) is 10.8. The summed E-state index contributed by atoms with van der Waals surface area (Å²) in [7, 11) is 0. The van der Waals surface area contributed by atoms with E-state index in [0.717, 1.165) is 31.9 Å². The first kappa shape index (κ1) is 13.4. The Bertz CT molecular complexity index is 438. The molecule has 1 fully saturated rings. The summed E-state index contributed by atoms with van der Waals surface area (Å²) >= 11 is 5.83. The van der Waals surface area contributed by atoms with Crippen LogP contribution in [0.15, 0.2) is 12.1 Å². The van der Waals surface area contributed by atoms with Gasteiger partial charge in [0.1, 0.15) is 5.82 Å². The lowest BCUT2D eigenvalue weighted by atomic mass is 10.1. The third-order valence-corrected chi connectivity index (χ3v) is 3.87. The van der Waals surface area contributed by atoms with E-state index < -0.39 is 5.82 Å². The first-order valence-corrected chi connectivity index (χ1v) is 6.64. The van der Waals surface area contributed by atoms with E-state index in [2.05, 4.69) is 23.6 Å². The zero-order valence-corrected chi connectivity index (χ0v) is 11.5. The predicted molar refractivity (Wildman–Crippen MR) is 74.7 cm³/mol. The molecule has 1 saturated heterocycles. The van der Waals surface area contributed by atoms with Crippen LogP contribution < -0.4 is 10.6 Å². The van der Waals surface area contributed by atoms with Crippen molar-refractivity contribution in [2.24, 2.45) is 0 Å². The van der Waals surface area contributed by atoms with Gasteiger partial charge in [0.15, 0.2) is 0 Å². The summed E-state index contributed by atoms with van der Waals surface area (Å²) in [6.07, 6.45) is 0. The minimum Gasteiger partial charge on any atom is -0.397 e. The Balaban J connectivity index is 2.20. The van der Waals surface area contributed by atoms with Gasteiger partial charge in [0.05, 0.1) is 16.4 Å². The van der Waals surface area contributed by atoms with Gasteiger partial charge in [0.25, 0.3) is 0 Å². The highest BCUT2D eigenvalue weighted by molar-refractivity contribution is 6.31. The SMILES string of the molecule is CCN1CCN(c2cc(Cl)c(F)cc2N)CC1C. The standard InChI is InChI=1S/C13H19ClFN3/c1-3-17-4-5-18(8-9(17)2)13-6-10(14)11(15)7-12(13)16/h6-7,9H,3-5,8,16H2,1-2H3. The van der Waals surface area contributed by atoms with Crippen LogP contribution in [0, 0.1) is 5.82 Å². The average molecular weight is 272 g/mol. The van der Waals surface area contributed by atoms with Crippen LogP contribution in [0.1, 0.15) is 13.8 Å². The average Bonchev–Trinajstić information content (AvgIpc) is 2.33. The molecule has 1 aliphatic heterocycles. The Morgan fingerprint density at radius 2 is 2.17 bits per heavy atom. The second-order valence-electron chi connectivity index (χ2n) is 4.75. The van der Waals surface area contributed by atoms with Crippen LogP contribution in [0.4, 0.5) is 15.8 Å². The zero-order chi connectivity index (χ0) is 13.3. The Labute approximate surface area is 112 Å². The van der Waals surface area contributed by atoms with E-state index >= 15 is 0 Å². The van der Waals surface area contributed by atoms with Crippen molar-refractivity contribution >= 4 is 23.0 Å². The maximum Gasteiger partial charge on any atom is 0.143 e. The largest absolute Gasteiger partial charge is 0.397 e. The lowest BCUT2D eigenvalue weighted by Gasteiger charge is -2.40. The van der Waals surface area contributed by atoms with Gasteiger partial charge in [0, 0.05) is 31.7 Å². The summed E-state index contributed by atoms with van der Waals surface area (Å²) in [6.45, 7) is 8.18. The molecule has 1 atom stereocenters. The molecule has 18 heavy (non-hydrogen) atoms. The summed E-state index contributed by atoms with van der Waals surface area (Å²) in [6, 6.07) is 3.39. The molecule has 0 spiro atoms. The number of nitrogens with two attached hydrogens (primary N) is 1. The molecule has 100 valence electrons. The summed E-state index contributed by atoms with van der Waals surface area (Å²) in [5, 5.41) is 0.129. The number of piperazine rings is 1. The molecule has 0 aliphatic carbocycles. The second-order valence-corrected chi connectivity index (χ2v) is 5.16. The quantitative estimate of drug-likeness (QED) is 0.840. The minimum absolute atomic E-state index is 0.129. The van der Waals surface area contributed by atoms with Gasteiger partial charge in [0.2, 0.25) is 0 Å². The van der Waals surface area contributed by atoms with Crippen molar-refractivity contribution in [3.05, 3.63) is 23.0 Å². The Morgan fingerprint density at radius 1 is 1.44 bits per heavy atom. The number of rotatable bonds is 2. The number of anilines is 2. The van der Waals surface area contributed by atoms with Crippen molar-refractivity contribution in [1.82, 2.24) is 4.90 Å². The van der Waals surface area contributed by atoms with Gasteiger partial charge in [-0.3, -0.25) is 4.90 Å². The van der Waals surface area contributed by atoms with E-state index in [4.69, 9.17) is 17.3 Å². The maximum atomic E-state index is 13.3. The van der Waals surface area contributed by atoms with E-state index in [1.165, 1.54) is 6.07 Å². The van der Waals surface area contributed by atoms with Gasteiger partial charge in [-0.1, -0.05) is 18.5 Å². The van der Waals surface area contributed by atoms with E-state index in [9.17, 15) is 4.39 Å². The van der Waals surface area contributed by atoms with Crippen LogP contribution in [-0.4, -0.2) is 37.1 Å². The van der Waals surface area contributed by atoms with Crippen molar-refractivity contribution in [2.45, 2.75) is 19.9 Å². The molecule has 1 aromatic carbocycles. The van der Waals surface area contributed by atoms with Gasteiger partial charge in [-0.2, -0.15) is 0 Å². The normalized spacial score (nSPS) is 21.3. The first-order chi connectivity index (χ1) is 8.52. The molecule has 1 heterocycles. The van der Waals surface area contributed by atoms with Crippen LogP contribution in [0.25, 0.3) is 0 Å². The monoisotopic (exact) mass is 271 g/mol. The molecule has 0 bridgehead atoms. The van der Waals surface area contributed by atoms with Gasteiger partial charge in [-0.15, -0.1) is 0 Å². The Hall–Kier alpha value is -1.00. The molecule has 1 aliphatic rings. The molecule has 2 rings (SSSR count). The lowest BCUT2D eigenvalue weighted by Crippen LogP contribution is -2.51. The predicted octanol–water partition coefficient (Wildman–Crippen LogP) is 2.59. The smallest absolute Gasteiger partial charge is 0.143 e. The van der Waals surface area contributed by atoms with Gasteiger partial charge in [-0.25, -0.2) is 4.39 Å². The molecular formula is C13H19ClFN3. The molecule has 1 aromatic rings.